The first-order valence-electron chi connectivity index (χ1n) is 12.5. The Morgan fingerprint density at radius 3 is 2.59 bits per heavy atom. The predicted molar refractivity (Wildman–Crippen MR) is 144 cm³/mol. The quantitative estimate of drug-likeness (QED) is 0.523. The number of aliphatic hydroxyl groups is 1. The maximum atomic E-state index is 13.2. The van der Waals surface area contributed by atoms with Crippen LogP contribution in [0.1, 0.15) is 29.8 Å². The summed E-state index contributed by atoms with van der Waals surface area (Å²) in [6.45, 7) is 5.20. The van der Waals surface area contributed by atoms with Gasteiger partial charge in [-0.15, -0.1) is 0 Å². The van der Waals surface area contributed by atoms with E-state index in [1.807, 2.05) is 35.2 Å². The molecule has 3 aromatic rings. The van der Waals surface area contributed by atoms with Gasteiger partial charge in [-0.05, 0) is 48.7 Å². The number of amides is 1. The number of hydrogen-bond acceptors (Lipinski definition) is 7. The Morgan fingerprint density at radius 2 is 1.92 bits per heavy atom. The number of anilines is 1. The highest BCUT2D eigenvalue weighted by atomic mass is 16.5. The number of nitrogens with zero attached hydrogens (tertiary/aromatic N) is 3. The van der Waals surface area contributed by atoms with E-state index in [-0.39, 0.29) is 24.5 Å². The fourth-order valence-electron chi connectivity index (χ4n) is 4.62. The van der Waals surface area contributed by atoms with Crippen molar-refractivity contribution in [2.24, 2.45) is 5.92 Å². The number of nitrogens with two attached hydrogens (primary N) is 1. The Balaban J connectivity index is 1.63. The number of rotatable bonds is 4. The number of likely N-dealkylation sites (N-methyl/N-ethyl adjacent to an activating group) is 1. The van der Waals surface area contributed by atoms with Crippen LogP contribution >= 0.6 is 0 Å². The van der Waals surface area contributed by atoms with Crippen LogP contribution in [0.15, 0.2) is 66.9 Å². The molecule has 1 aliphatic rings. The largest absolute Gasteiger partial charge is 0.488 e. The molecule has 2 heterocycles. The summed E-state index contributed by atoms with van der Waals surface area (Å²) in [6.07, 6.45) is 1.55. The van der Waals surface area contributed by atoms with Gasteiger partial charge in [-0.2, -0.15) is 0 Å². The Labute approximate surface area is 218 Å². The van der Waals surface area contributed by atoms with Crippen molar-refractivity contribution in [2.75, 3.05) is 39.6 Å². The number of methoxy groups -OCH3 is 1. The molecule has 0 fully saturated rings. The van der Waals surface area contributed by atoms with Crippen LogP contribution in [0.2, 0.25) is 0 Å². The monoisotopic (exact) mass is 504 g/mol. The molecule has 196 valence electrons. The summed E-state index contributed by atoms with van der Waals surface area (Å²) >= 11 is 0. The van der Waals surface area contributed by atoms with E-state index in [2.05, 4.69) is 24.0 Å². The lowest BCUT2D eigenvalue weighted by Crippen LogP contribution is -2.53. The van der Waals surface area contributed by atoms with Gasteiger partial charge in [-0.3, -0.25) is 14.7 Å². The van der Waals surface area contributed by atoms with E-state index in [9.17, 15) is 9.90 Å². The smallest absolute Gasteiger partial charge is 0.257 e. The van der Waals surface area contributed by atoms with E-state index in [1.54, 1.807) is 50.4 Å². The Morgan fingerprint density at radius 1 is 1.16 bits per heavy atom. The second-order valence-electron chi connectivity index (χ2n) is 9.99. The van der Waals surface area contributed by atoms with Gasteiger partial charge in [0.15, 0.2) is 0 Å². The maximum absolute atomic E-state index is 13.2. The van der Waals surface area contributed by atoms with E-state index in [0.717, 1.165) is 16.8 Å². The van der Waals surface area contributed by atoms with Crippen LogP contribution in [0.4, 0.5) is 5.69 Å². The normalized spacial score (nSPS) is 23.5. The molecule has 0 spiro atoms. The summed E-state index contributed by atoms with van der Waals surface area (Å²) in [6, 6.07) is 19.0. The van der Waals surface area contributed by atoms with Gasteiger partial charge in [0.1, 0.15) is 18.1 Å². The zero-order valence-corrected chi connectivity index (χ0v) is 21.9. The molecule has 1 aromatic heterocycles. The summed E-state index contributed by atoms with van der Waals surface area (Å²) in [5, 5.41) is 11.6. The number of aromatic nitrogens is 1. The SMILES string of the molecule is CO[C@H]1CN(C)C(=O)c2cc(N)ccc2OC[C@](C)(O)N(Cc2ccc(-c3ccccn3)cc2)C[C@@H]1C. The van der Waals surface area contributed by atoms with E-state index in [1.165, 1.54) is 0 Å². The van der Waals surface area contributed by atoms with Crippen LogP contribution < -0.4 is 10.5 Å². The van der Waals surface area contributed by atoms with Crippen molar-refractivity contribution in [3.8, 4) is 17.0 Å². The fourth-order valence-corrected chi connectivity index (χ4v) is 4.62. The molecule has 0 bridgehead atoms. The van der Waals surface area contributed by atoms with Gasteiger partial charge in [-0.25, -0.2) is 0 Å². The number of carbonyl (C=O) groups is 1. The van der Waals surface area contributed by atoms with Crippen molar-refractivity contribution in [1.82, 2.24) is 14.8 Å². The summed E-state index contributed by atoms with van der Waals surface area (Å²) in [7, 11) is 3.40. The second kappa shape index (κ2) is 11.3. The Bertz CT molecular complexity index is 1200. The molecule has 0 saturated carbocycles. The van der Waals surface area contributed by atoms with Crippen molar-refractivity contribution in [1.29, 1.82) is 0 Å². The number of pyridine rings is 1. The standard InChI is InChI=1S/C29H36N4O4/c1-20-16-33(17-21-8-10-22(11-9-21)25-7-5-6-14-31-25)29(2,35)19-37-26-13-12-23(30)15-24(26)28(34)32(3)18-27(20)36-4/h5-15,20,27,35H,16-19,30H2,1-4H3/t20-,27-,29-/m0/s1. The molecule has 0 radical (unpaired) electrons. The van der Waals surface area contributed by atoms with Crippen LogP contribution in [0.3, 0.4) is 0 Å². The van der Waals surface area contributed by atoms with Gasteiger partial charge < -0.3 is 25.2 Å². The number of fused-ring (bicyclic) bond motifs is 1. The highest BCUT2D eigenvalue weighted by Crippen LogP contribution is 2.28. The zero-order valence-electron chi connectivity index (χ0n) is 21.9. The average Bonchev–Trinajstić information content (AvgIpc) is 2.90. The molecule has 8 heteroatoms. The maximum Gasteiger partial charge on any atom is 0.257 e. The van der Waals surface area contributed by atoms with Gasteiger partial charge in [0, 0.05) is 51.2 Å². The Kier molecular flexibility index (Phi) is 8.12. The van der Waals surface area contributed by atoms with Crippen LogP contribution in [-0.4, -0.2) is 71.5 Å². The van der Waals surface area contributed by atoms with Crippen molar-refractivity contribution >= 4 is 11.6 Å². The first kappa shape index (κ1) is 26.6. The van der Waals surface area contributed by atoms with Gasteiger partial charge in [0.2, 0.25) is 0 Å². The summed E-state index contributed by atoms with van der Waals surface area (Å²) < 4.78 is 11.9. The number of benzene rings is 2. The molecule has 2 aromatic carbocycles. The molecule has 37 heavy (non-hydrogen) atoms. The summed E-state index contributed by atoms with van der Waals surface area (Å²) in [4.78, 5) is 21.3. The molecular weight excluding hydrogens is 468 g/mol. The number of nitrogen functional groups attached to an aromatic ring is 1. The first-order chi connectivity index (χ1) is 17.7. The van der Waals surface area contributed by atoms with Crippen LogP contribution in [-0.2, 0) is 11.3 Å². The van der Waals surface area contributed by atoms with Crippen molar-refractivity contribution in [2.45, 2.75) is 32.2 Å². The Hall–Kier alpha value is -3.46. The summed E-state index contributed by atoms with van der Waals surface area (Å²) in [5.74, 6) is 0.189. The van der Waals surface area contributed by atoms with E-state index < -0.39 is 5.72 Å². The number of hydrogen-bond donors (Lipinski definition) is 2. The molecule has 3 N–H and O–H groups in total. The molecule has 4 rings (SSSR count). The topological polar surface area (TPSA) is 101 Å². The lowest BCUT2D eigenvalue weighted by atomic mass is 10.00. The minimum Gasteiger partial charge on any atom is -0.488 e. The first-order valence-corrected chi connectivity index (χ1v) is 12.5. The third-order valence-electron chi connectivity index (χ3n) is 6.95. The lowest BCUT2D eigenvalue weighted by molar-refractivity contribution is -0.134. The zero-order chi connectivity index (χ0) is 26.6. The van der Waals surface area contributed by atoms with Crippen LogP contribution in [0.5, 0.6) is 5.75 Å². The minimum atomic E-state index is -1.32. The van der Waals surface area contributed by atoms with Crippen molar-refractivity contribution in [3.05, 3.63) is 78.0 Å². The number of ether oxygens (including phenoxy) is 2. The van der Waals surface area contributed by atoms with Gasteiger partial charge >= 0.3 is 0 Å². The average molecular weight is 505 g/mol. The van der Waals surface area contributed by atoms with Crippen LogP contribution in [0.25, 0.3) is 11.3 Å². The molecule has 0 saturated heterocycles. The molecule has 1 amide bonds. The fraction of sp³-hybridized carbons (Fsp3) is 0.379. The number of carbonyl (C=O) groups excluding carboxylic acids is 1. The third kappa shape index (κ3) is 6.28. The molecular formula is C29H36N4O4. The van der Waals surface area contributed by atoms with Crippen molar-refractivity contribution in [3.63, 3.8) is 0 Å². The minimum absolute atomic E-state index is 0.0132. The highest BCUT2D eigenvalue weighted by molar-refractivity contribution is 5.97. The molecule has 3 atom stereocenters. The van der Waals surface area contributed by atoms with Gasteiger partial charge in [-0.1, -0.05) is 37.3 Å². The highest BCUT2D eigenvalue weighted by Gasteiger charge is 2.35. The molecule has 0 unspecified atom stereocenters. The second-order valence-corrected chi connectivity index (χ2v) is 9.99. The van der Waals surface area contributed by atoms with E-state index in [4.69, 9.17) is 15.2 Å². The lowest BCUT2D eigenvalue weighted by Gasteiger charge is -2.40. The van der Waals surface area contributed by atoms with E-state index in [0.29, 0.717) is 36.6 Å². The summed E-state index contributed by atoms with van der Waals surface area (Å²) in [5.41, 5.74) is 8.48. The molecule has 0 aliphatic carbocycles. The molecule has 8 nitrogen and oxygen atoms in total. The third-order valence-corrected chi connectivity index (χ3v) is 6.95. The van der Waals surface area contributed by atoms with Crippen molar-refractivity contribution < 1.29 is 19.4 Å². The van der Waals surface area contributed by atoms with E-state index >= 15 is 0 Å². The predicted octanol–water partition coefficient (Wildman–Crippen LogP) is 3.66. The van der Waals surface area contributed by atoms with Crippen LogP contribution in [0, 0.1) is 5.92 Å². The van der Waals surface area contributed by atoms with Gasteiger partial charge in [0.05, 0.1) is 17.4 Å². The van der Waals surface area contributed by atoms with Gasteiger partial charge in [0.25, 0.3) is 5.91 Å². The molecule has 1 aliphatic heterocycles.